The van der Waals surface area contributed by atoms with Crippen LogP contribution in [0.3, 0.4) is 0 Å². The Hall–Kier alpha value is -1.47. The number of hydrogen-bond donors (Lipinski definition) is 1. The first kappa shape index (κ1) is 14.0. The molecule has 102 valence electrons. The molecular formula is C12H11F3N2OS. The summed E-state index contributed by atoms with van der Waals surface area (Å²) in [6.45, 7) is 0.323. The average Bonchev–Trinajstić information content (AvgIpc) is 2.84. The molecule has 0 radical (unpaired) electrons. The molecule has 0 unspecified atom stereocenters. The number of hydrogen-bond acceptors (Lipinski definition) is 4. The Labute approximate surface area is 112 Å². The molecule has 0 saturated carbocycles. The van der Waals surface area contributed by atoms with E-state index < -0.39 is 11.7 Å². The summed E-state index contributed by atoms with van der Waals surface area (Å²) < 4.78 is 42.4. The largest absolute Gasteiger partial charge is 0.464 e. The molecule has 0 aliphatic carbocycles. The zero-order valence-electron chi connectivity index (χ0n) is 9.78. The lowest BCUT2D eigenvalue weighted by Gasteiger charge is -2.06. The lowest BCUT2D eigenvalue weighted by Crippen LogP contribution is -2.05. The Morgan fingerprint density at radius 1 is 1.16 bits per heavy atom. The molecule has 0 atom stereocenters. The lowest BCUT2D eigenvalue weighted by molar-refractivity contribution is -0.137. The van der Waals surface area contributed by atoms with Crippen LogP contribution in [0.2, 0.25) is 0 Å². The second-order valence-corrected chi connectivity index (χ2v) is 4.74. The minimum Gasteiger partial charge on any atom is -0.464 e. The Morgan fingerprint density at radius 3 is 2.42 bits per heavy atom. The van der Waals surface area contributed by atoms with Crippen molar-refractivity contribution in [1.29, 1.82) is 0 Å². The second-order valence-electron chi connectivity index (χ2n) is 3.74. The van der Waals surface area contributed by atoms with Gasteiger partial charge in [0, 0.05) is 6.20 Å². The van der Waals surface area contributed by atoms with Crippen LogP contribution in [-0.4, -0.2) is 4.98 Å². The van der Waals surface area contributed by atoms with Crippen LogP contribution in [0, 0.1) is 0 Å². The van der Waals surface area contributed by atoms with E-state index in [1.807, 2.05) is 0 Å². The summed E-state index contributed by atoms with van der Waals surface area (Å²) in [6.07, 6.45) is -3.52. The molecule has 0 saturated heterocycles. The predicted octanol–water partition coefficient (Wildman–Crippen LogP) is 3.44. The van der Waals surface area contributed by atoms with Gasteiger partial charge in [-0.15, -0.1) is 0 Å². The van der Waals surface area contributed by atoms with Crippen LogP contribution < -0.4 is 5.73 Å². The first-order valence-electron chi connectivity index (χ1n) is 5.43. The summed E-state index contributed by atoms with van der Waals surface area (Å²) >= 11 is 1.30. The predicted molar refractivity (Wildman–Crippen MR) is 65.4 cm³/mol. The van der Waals surface area contributed by atoms with E-state index >= 15 is 0 Å². The number of furan rings is 1. The molecule has 0 bridgehead atoms. The highest BCUT2D eigenvalue weighted by Gasteiger charge is 2.30. The fourth-order valence-corrected chi connectivity index (χ4v) is 2.12. The molecule has 3 nitrogen and oxygen atoms in total. The van der Waals surface area contributed by atoms with E-state index in [1.54, 1.807) is 12.1 Å². The fourth-order valence-electron chi connectivity index (χ4n) is 1.39. The van der Waals surface area contributed by atoms with Crippen LogP contribution in [0.25, 0.3) is 0 Å². The molecule has 2 aromatic heterocycles. The van der Waals surface area contributed by atoms with Crippen LogP contribution >= 0.6 is 11.8 Å². The van der Waals surface area contributed by atoms with Gasteiger partial charge >= 0.3 is 6.18 Å². The van der Waals surface area contributed by atoms with E-state index in [1.165, 1.54) is 17.8 Å². The monoisotopic (exact) mass is 288 g/mol. The van der Waals surface area contributed by atoms with E-state index in [0.29, 0.717) is 28.8 Å². The van der Waals surface area contributed by atoms with Gasteiger partial charge < -0.3 is 10.2 Å². The SMILES string of the molecule is NCc1ccc(CSc2ccc(C(F)(F)F)cn2)o1. The number of pyridine rings is 1. The van der Waals surface area contributed by atoms with Gasteiger partial charge in [-0.05, 0) is 24.3 Å². The number of nitrogens with two attached hydrogens (primary N) is 1. The number of thioether (sulfide) groups is 1. The molecule has 0 amide bonds. The van der Waals surface area contributed by atoms with Crippen molar-refractivity contribution in [2.45, 2.75) is 23.5 Å². The molecule has 2 aromatic rings. The summed E-state index contributed by atoms with van der Waals surface area (Å²) in [6, 6.07) is 5.93. The highest BCUT2D eigenvalue weighted by Crippen LogP contribution is 2.30. The summed E-state index contributed by atoms with van der Waals surface area (Å²) in [5.41, 5.74) is 4.66. The number of nitrogens with zero attached hydrogens (tertiary/aromatic N) is 1. The van der Waals surface area contributed by atoms with Gasteiger partial charge in [0.05, 0.1) is 22.9 Å². The van der Waals surface area contributed by atoms with Gasteiger partial charge in [0.15, 0.2) is 0 Å². The van der Waals surface area contributed by atoms with Crippen molar-refractivity contribution in [3.8, 4) is 0 Å². The summed E-state index contributed by atoms with van der Waals surface area (Å²) in [5, 5.41) is 0.513. The van der Waals surface area contributed by atoms with Gasteiger partial charge in [-0.3, -0.25) is 0 Å². The van der Waals surface area contributed by atoms with Gasteiger partial charge in [0.1, 0.15) is 11.5 Å². The van der Waals surface area contributed by atoms with E-state index in [0.717, 1.165) is 12.3 Å². The Balaban J connectivity index is 1.96. The Morgan fingerprint density at radius 2 is 1.89 bits per heavy atom. The van der Waals surface area contributed by atoms with Gasteiger partial charge in [0.2, 0.25) is 0 Å². The van der Waals surface area contributed by atoms with Crippen molar-refractivity contribution in [3.05, 3.63) is 47.5 Å². The minimum atomic E-state index is -4.35. The van der Waals surface area contributed by atoms with Crippen LogP contribution in [0.1, 0.15) is 17.1 Å². The van der Waals surface area contributed by atoms with Crippen molar-refractivity contribution in [3.63, 3.8) is 0 Å². The smallest absolute Gasteiger partial charge is 0.417 e. The van der Waals surface area contributed by atoms with Crippen molar-refractivity contribution < 1.29 is 17.6 Å². The van der Waals surface area contributed by atoms with Gasteiger partial charge in [-0.1, -0.05) is 11.8 Å². The maximum Gasteiger partial charge on any atom is 0.417 e. The first-order chi connectivity index (χ1) is 8.99. The summed E-state index contributed by atoms with van der Waals surface area (Å²) in [5.74, 6) is 1.89. The molecule has 0 aliphatic rings. The molecule has 0 fully saturated rings. The normalized spacial score (nSPS) is 11.8. The molecule has 2 N–H and O–H groups in total. The number of aromatic nitrogens is 1. The van der Waals surface area contributed by atoms with E-state index in [9.17, 15) is 13.2 Å². The van der Waals surface area contributed by atoms with Crippen molar-refractivity contribution in [2.75, 3.05) is 0 Å². The van der Waals surface area contributed by atoms with Crippen molar-refractivity contribution >= 4 is 11.8 Å². The molecule has 0 aromatic carbocycles. The highest BCUT2D eigenvalue weighted by atomic mass is 32.2. The Bertz CT molecular complexity index is 537. The molecule has 7 heteroatoms. The van der Waals surface area contributed by atoms with Crippen molar-refractivity contribution in [1.82, 2.24) is 4.98 Å². The lowest BCUT2D eigenvalue weighted by atomic mass is 10.3. The number of halogens is 3. The fraction of sp³-hybridized carbons (Fsp3) is 0.250. The molecule has 0 aliphatic heterocycles. The maximum absolute atomic E-state index is 12.3. The van der Waals surface area contributed by atoms with Crippen LogP contribution in [0.15, 0.2) is 39.9 Å². The zero-order chi connectivity index (χ0) is 13.9. The molecular weight excluding hydrogens is 277 g/mol. The van der Waals surface area contributed by atoms with Gasteiger partial charge in [-0.2, -0.15) is 13.2 Å². The zero-order valence-corrected chi connectivity index (χ0v) is 10.6. The average molecular weight is 288 g/mol. The second kappa shape index (κ2) is 5.66. The van der Waals surface area contributed by atoms with Crippen molar-refractivity contribution in [2.24, 2.45) is 5.73 Å². The molecule has 19 heavy (non-hydrogen) atoms. The van der Waals surface area contributed by atoms with E-state index in [2.05, 4.69) is 4.98 Å². The summed E-state index contributed by atoms with van der Waals surface area (Å²) in [4.78, 5) is 3.76. The quantitative estimate of drug-likeness (QED) is 0.876. The van der Waals surface area contributed by atoms with Crippen LogP contribution in [-0.2, 0) is 18.5 Å². The van der Waals surface area contributed by atoms with E-state index in [4.69, 9.17) is 10.2 Å². The molecule has 0 spiro atoms. The van der Waals surface area contributed by atoms with Gasteiger partial charge in [0.25, 0.3) is 0 Å². The Kier molecular flexibility index (Phi) is 4.16. The number of rotatable bonds is 4. The van der Waals surface area contributed by atoms with E-state index in [-0.39, 0.29) is 0 Å². The maximum atomic E-state index is 12.3. The topological polar surface area (TPSA) is 52.0 Å². The minimum absolute atomic E-state index is 0.323. The summed E-state index contributed by atoms with van der Waals surface area (Å²) in [7, 11) is 0. The third-order valence-electron chi connectivity index (χ3n) is 2.34. The number of alkyl halides is 3. The van der Waals surface area contributed by atoms with Crippen LogP contribution in [0.5, 0.6) is 0 Å². The van der Waals surface area contributed by atoms with Crippen LogP contribution in [0.4, 0.5) is 13.2 Å². The third kappa shape index (κ3) is 3.74. The standard InChI is InChI=1S/C12H11F3N2OS/c13-12(14,15)8-1-4-11(17-6-8)19-7-10-3-2-9(5-16)18-10/h1-4,6H,5,7,16H2. The highest BCUT2D eigenvalue weighted by molar-refractivity contribution is 7.98. The van der Waals surface area contributed by atoms with Gasteiger partial charge in [-0.25, -0.2) is 4.98 Å². The third-order valence-corrected chi connectivity index (χ3v) is 3.31. The molecule has 2 heterocycles. The molecule has 2 rings (SSSR count). The first-order valence-corrected chi connectivity index (χ1v) is 6.41.